The van der Waals surface area contributed by atoms with Crippen LogP contribution in [0.2, 0.25) is 0 Å². The Morgan fingerprint density at radius 1 is 1.33 bits per heavy atom. The van der Waals surface area contributed by atoms with E-state index in [0.717, 1.165) is 16.6 Å². The average Bonchev–Trinajstić information content (AvgIpc) is 2.38. The van der Waals surface area contributed by atoms with Crippen molar-refractivity contribution in [2.45, 2.75) is 32.7 Å². The smallest absolute Gasteiger partial charge is 0.0951 e. The summed E-state index contributed by atoms with van der Waals surface area (Å²) in [5.41, 5.74) is 8.82. The normalized spacial score (nSPS) is 12.6. The van der Waals surface area contributed by atoms with E-state index in [1.807, 2.05) is 18.3 Å². The minimum absolute atomic E-state index is 0.516. The van der Waals surface area contributed by atoms with Crippen LogP contribution < -0.4 is 10.6 Å². The van der Waals surface area contributed by atoms with E-state index in [1.54, 1.807) is 0 Å². The van der Waals surface area contributed by atoms with Crippen molar-refractivity contribution < 1.29 is 0 Å². The summed E-state index contributed by atoms with van der Waals surface area (Å²) in [6.07, 6.45) is 4.21. The minimum Gasteiger partial charge on any atom is -0.397 e. The number of nitrogens with two attached hydrogens (primary N) is 1. The first-order chi connectivity index (χ1) is 8.65. The van der Waals surface area contributed by atoms with Crippen molar-refractivity contribution in [3.05, 3.63) is 30.5 Å². The molecule has 1 atom stereocenters. The van der Waals surface area contributed by atoms with E-state index in [0.29, 0.717) is 6.04 Å². The third kappa shape index (κ3) is 2.26. The maximum Gasteiger partial charge on any atom is 0.0951 e. The van der Waals surface area contributed by atoms with Gasteiger partial charge in [-0.15, -0.1) is 0 Å². The maximum absolute atomic E-state index is 5.98. The zero-order chi connectivity index (χ0) is 13.1. The van der Waals surface area contributed by atoms with Crippen LogP contribution in [-0.2, 0) is 0 Å². The molecule has 2 N–H and O–H groups in total. The van der Waals surface area contributed by atoms with Crippen LogP contribution in [-0.4, -0.2) is 18.1 Å². The number of anilines is 2. The molecule has 0 amide bonds. The van der Waals surface area contributed by atoms with E-state index in [4.69, 9.17) is 5.73 Å². The molecule has 3 nitrogen and oxygen atoms in total. The molecule has 0 radical (unpaired) electrons. The SMILES string of the molecule is CCCC(C)N(C)c1ccnc2c(N)cccc12. The molecule has 18 heavy (non-hydrogen) atoms. The summed E-state index contributed by atoms with van der Waals surface area (Å²) >= 11 is 0. The molecule has 0 bridgehead atoms. The van der Waals surface area contributed by atoms with Crippen molar-refractivity contribution in [2.24, 2.45) is 0 Å². The molecule has 1 unspecified atom stereocenters. The van der Waals surface area contributed by atoms with Crippen LogP contribution in [0.4, 0.5) is 11.4 Å². The summed E-state index contributed by atoms with van der Waals surface area (Å²) < 4.78 is 0. The Hall–Kier alpha value is -1.77. The lowest BCUT2D eigenvalue weighted by atomic mass is 10.1. The zero-order valence-electron chi connectivity index (χ0n) is 11.4. The predicted octanol–water partition coefficient (Wildman–Crippen LogP) is 3.44. The summed E-state index contributed by atoms with van der Waals surface area (Å²) in [5.74, 6) is 0. The fourth-order valence-electron chi connectivity index (χ4n) is 2.34. The van der Waals surface area contributed by atoms with Crippen LogP contribution in [0.15, 0.2) is 30.5 Å². The molecular formula is C15H21N3. The summed E-state index contributed by atoms with van der Waals surface area (Å²) in [6, 6.07) is 8.55. The quantitative estimate of drug-likeness (QED) is 0.836. The molecule has 0 spiro atoms. The van der Waals surface area contributed by atoms with Crippen molar-refractivity contribution in [3.8, 4) is 0 Å². The highest BCUT2D eigenvalue weighted by Crippen LogP contribution is 2.29. The van der Waals surface area contributed by atoms with Gasteiger partial charge in [0.05, 0.1) is 11.2 Å². The maximum atomic E-state index is 5.98. The average molecular weight is 243 g/mol. The number of hydrogen-bond donors (Lipinski definition) is 1. The van der Waals surface area contributed by atoms with E-state index in [1.165, 1.54) is 18.5 Å². The van der Waals surface area contributed by atoms with Crippen LogP contribution in [0.25, 0.3) is 10.9 Å². The van der Waals surface area contributed by atoms with Crippen molar-refractivity contribution in [1.82, 2.24) is 4.98 Å². The molecule has 3 heteroatoms. The van der Waals surface area contributed by atoms with Crippen LogP contribution in [0, 0.1) is 0 Å². The van der Waals surface area contributed by atoms with Gasteiger partial charge in [-0.3, -0.25) is 4.98 Å². The largest absolute Gasteiger partial charge is 0.397 e. The number of fused-ring (bicyclic) bond motifs is 1. The lowest BCUT2D eigenvalue weighted by Crippen LogP contribution is -2.28. The molecule has 0 aliphatic carbocycles. The number of hydrogen-bond acceptors (Lipinski definition) is 3. The van der Waals surface area contributed by atoms with Gasteiger partial charge in [0.15, 0.2) is 0 Å². The van der Waals surface area contributed by atoms with Gasteiger partial charge in [-0.25, -0.2) is 0 Å². The van der Waals surface area contributed by atoms with Gasteiger partial charge in [-0.05, 0) is 25.5 Å². The molecule has 0 fully saturated rings. The molecule has 2 rings (SSSR count). The molecular weight excluding hydrogens is 222 g/mol. The molecule has 0 saturated heterocycles. The lowest BCUT2D eigenvalue weighted by Gasteiger charge is -2.28. The second kappa shape index (κ2) is 5.25. The van der Waals surface area contributed by atoms with Crippen LogP contribution in [0.1, 0.15) is 26.7 Å². The van der Waals surface area contributed by atoms with Crippen molar-refractivity contribution in [3.63, 3.8) is 0 Å². The predicted molar refractivity (Wildman–Crippen MR) is 78.9 cm³/mol. The number of para-hydroxylation sites is 1. The number of aromatic nitrogens is 1. The molecule has 1 aromatic heterocycles. The van der Waals surface area contributed by atoms with Gasteiger partial charge in [-0.1, -0.05) is 25.5 Å². The first-order valence-corrected chi connectivity index (χ1v) is 6.51. The fraction of sp³-hybridized carbons (Fsp3) is 0.400. The highest BCUT2D eigenvalue weighted by Gasteiger charge is 2.12. The zero-order valence-corrected chi connectivity index (χ0v) is 11.4. The first kappa shape index (κ1) is 12.7. The molecule has 0 saturated carbocycles. The fourth-order valence-corrected chi connectivity index (χ4v) is 2.34. The van der Waals surface area contributed by atoms with Crippen molar-refractivity contribution >= 4 is 22.3 Å². The third-order valence-corrected chi connectivity index (χ3v) is 3.53. The monoisotopic (exact) mass is 243 g/mol. The van der Waals surface area contributed by atoms with Gasteiger partial charge in [0.25, 0.3) is 0 Å². The first-order valence-electron chi connectivity index (χ1n) is 6.51. The van der Waals surface area contributed by atoms with Gasteiger partial charge in [0, 0.05) is 30.4 Å². The number of rotatable bonds is 4. The topological polar surface area (TPSA) is 42.2 Å². The number of nitrogen functional groups attached to an aromatic ring is 1. The second-order valence-corrected chi connectivity index (χ2v) is 4.82. The Balaban J connectivity index is 2.48. The van der Waals surface area contributed by atoms with E-state index >= 15 is 0 Å². The summed E-state index contributed by atoms with van der Waals surface area (Å²) in [7, 11) is 2.14. The second-order valence-electron chi connectivity index (χ2n) is 4.82. The number of benzene rings is 1. The summed E-state index contributed by atoms with van der Waals surface area (Å²) in [6.45, 7) is 4.47. The summed E-state index contributed by atoms with van der Waals surface area (Å²) in [5, 5.41) is 1.13. The van der Waals surface area contributed by atoms with Gasteiger partial charge in [-0.2, -0.15) is 0 Å². The van der Waals surface area contributed by atoms with Crippen LogP contribution >= 0.6 is 0 Å². The van der Waals surface area contributed by atoms with Crippen molar-refractivity contribution in [1.29, 1.82) is 0 Å². The van der Waals surface area contributed by atoms with Crippen LogP contribution in [0.5, 0.6) is 0 Å². The Labute approximate surface area is 109 Å². The Morgan fingerprint density at radius 2 is 2.11 bits per heavy atom. The molecule has 1 aromatic carbocycles. The minimum atomic E-state index is 0.516. The van der Waals surface area contributed by atoms with E-state index in [9.17, 15) is 0 Å². The standard InChI is InChI=1S/C15H21N3/c1-4-6-11(2)18(3)14-9-10-17-15-12(14)7-5-8-13(15)16/h5,7-11H,4,6,16H2,1-3H3. The summed E-state index contributed by atoms with van der Waals surface area (Å²) in [4.78, 5) is 6.69. The lowest BCUT2D eigenvalue weighted by molar-refractivity contribution is 0.617. The van der Waals surface area contributed by atoms with E-state index in [2.05, 4.69) is 42.9 Å². The highest BCUT2D eigenvalue weighted by atomic mass is 15.1. The van der Waals surface area contributed by atoms with Crippen molar-refractivity contribution in [2.75, 3.05) is 17.7 Å². The van der Waals surface area contributed by atoms with Gasteiger partial charge >= 0.3 is 0 Å². The molecule has 0 aliphatic heterocycles. The third-order valence-electron chi connectivity index (χ3n) is 3.53. The Kier molecular flexibility index (Phi) is 3.70. The Morgan fingerprint density at radius 3 is 2.83 bits per heavy atom. The van der Waals surface area contributed by atoms with E-state index in [-0.39, 0.29) is 0 Å². The molecule has 96 valence electrons. The number of pyridine rings is 1. The molecule has 1 heterocycles. The molecule has 0 aliphatic rings. The number of nitrogens with zero attached hydrogens (tertiary/aromatic N) is 2. The Bertz CT molecular complexity index is 536. The van der Waals surface area contributed by atoms with E-state index < -0.39 is 0 Å². The van der Waals surface area contributed by atoms with Gasteiger partial charge in [0.2, 0.25) is 0 Å². The van der Waals surface area contributed by atoms with Gasteiger partial charge in [0.1, 0.15) is 0 Å². The van der Waals surface area contributed by atoms with Gasteiger partial charge < -0.3 is 10.6 Å². The highest BCUT2D eigenvalue weighted by molar-refractivity contribution is 5.97. The van der Waals surface area contributed by atoms with Crippen LogP contribution in [0.3, 0.4) is 0 Å². The molecule has 2 aromatic rings.